The Morgan fingerprint density at radius 1 is 1.50 bits per heavy atom. The van der Waals surface area contributed by atoms with Crippen LogP contribution in [0.1, 0.15) is 27.2 Å². The molecular weight excluding hydrogens is 299 g/mol. The number of carbonyl (C=O) groups is 2. The molecule has 0 rings (SSSR count). The molecule has 2 amide bonds. The summed E-state index contributed by atoms with van der Waals surface area (Å²) in [7, 11) is 0.0871. The average Bonchev–Trinajstić information content (AvgIpc) is 2.43. The SMILES string of the molecule is CCCNC(=O)C(OPSCCNC=O)C(C)(C)CO. The van der Waals surface area contributed by atoms with Gasteiger partial charge in [-0.05, 0) is 6.42 Å². The lowest BCUT2D eigenvalue weighted by Gasteiger charge is -2.31. The first-order chi connectivity index (χ1) is 9.49. The predicted octanol–water partition coefficient (Wildman–Crippen LogP) is 0.904. The van der Waals surface area contributed by atoms with E-state index in [1.165, 1.54) is 11.4 Å². The van der Waals surface area contributed by atoms with E-state index in [-0.39, 0.29) is 20.5 Å². The van der Waals surface area contributed by atoms with Crippen molar-refractivity contribution in [1.82, 2.24) is 10.6 Å². The van der Waals surface area contributed by atoms with Crippen molar-refractivity contribution in [2.75, 3.05) is 25.4 Å². The molecule has 0 aromatic rings. The molecule has 0 fully saturated rings. The Bertz CT molecular complexity index is 293. The molecule has 6 nitrogen and oxygen atoms in total. The van der Waals surface area contributed by atoms with Gasteiger partial charge in [-0.1, -0.05) is 20.8 Å². The quantitative estimate of drug-likeness (QED) is 0.282. The zero-order valence-electron chi connectivity index (χ0n) is 12.3. The highest BCUT2D eigenvalue weighted by molar-refractivity contribution is 8.48. The Labute approximate surface area is 126 Å². The molecule has 0 aliphatic rings. The lowest BCUT2D eigenvalue weighted by Crippen LogP contribution is -2.46. The Balaban J connectivity index is 4.25. The molecular formula is C12H25N2O4PS. The minimum atomic E-state index is -0.677. The van der Waals surface area contributed by atoms with Crippen LogP contribution in [0, 0.1) is 5.41 Å². The van der Waals surface area contributed by atoms with E-state index in [2.05, 4.69) is 10.6 Å². The second-order valence-electron chi connectivity index (χ2n) is 4.94. The third-order valence-corrected chi connectivity index (χ3v) is 4.67. The van der Waals surface area contributed by atoms with Gasteiger partial charge in [-0.15, -0.1) is 11.4 Å². The summed E-state index contributed by atoms with van der Waals surface area (Å²) >= 11 is 1.51. The van der Waals surface area contributed by atoms with Gasteiger partial charge in [0.2, 0.25) is 12.3 Å². The molecule has 0 spiro atoms. The minimum absolute atomic E-state index is 0.0871. The van der Waals surface area contributed by atoms with Crippen molar-refractivity contribution >= 4 is 31.7 Å². The van der Waals surface area contributed by atoms with Crippen molar-refractivity contribution in [3.8, 4) is 0 Å². The van der Waals surface area contributed by atoms with E-state index >= 15 is 0 Å². The van der Waals surface area contributed by atoms with Crippen LogP contribution in [-0.4, -0.2) is 49.0 Å². The molecule has 2 atom stereocenters. The zero-order valence-corrected chi connectivity index (χ0v) is 14.1. The van der Waals surface area contributed by atoms with E-state index in [0.29, 0.717) is 19.5 Å². The monoisotopic (exact) mass is 324 g/mol. The third-order valence-electron chi connectivity index (χ3n) is 2.56. The van der Waals surface area contributed by atoms with Crippen LogP contribution in [0.2, 0.25) is 0 Å². The maximum atomic E-state index is 12.1. The van der Waals surface area contributed by atoms with E-state index in [4.69, 9.17) is 4.52 Å². The van der Waals surface area contributed by atoms with Crippen LogP contribution in [-0.2, 0) is 14.1 Å². The first kappa shape index (κ1) is 19.6. The van der Waals surface area contributed by atoms with Crippen LogP contribution < -0.4 is 10.6 Å². The molecule has 8 heteroatoms. The molecule has 2 unspecified atom stereocenters. The number of aliphatic hydroxyl groups excluding tert-OH is 1. The summed E-state index contributed by atoms with van der Waals surface area (Å²) in [6.45, 7) is 6.61. The molecule has 0 aromatic heterocycles. The number of amides is 2. The van der Waals surface area contributed by atoms with Crippen LogP contribution in [0.4, 0.5) is 0 Å². The molecule has 0 aliphatic carbocycles. The predicted molar refractivity (Wildman–Crippen MR) is 83.9 cm³/mol. The van der Waals surface area contributed by atoms with E-state index < -0.39 is 11.5 Å². The lowest BCUT2D eigenvalue weighted by molar-refractivity contribution is -0.133. The van der Waals surface area contributed by atoms with Gasteiger partial charge in [0.15, 0.2) is 0 Å². The van der Waals surface area contributed by atoms with Gasteiger partial charge in [-0.3, -0.25) is 9.59 Å². The number of hydrogen-bond acceptors (Lipinski definition) is 5. The fourth-order valence-corrected chi connectivity index (χ4v) is 3.23. The summed E-state index contributed by atoms with van der Waals surface area (Å²) in [5.74, 6) is 0.532. The molecule has 0 aromatic carbocycles. The number of aliphatic hydroxyl groups is 1. The Hall–Kier alpha value is -0.360. The van der Waals surface area contributed by atoms with Gasteiger partial charge in [-0.2, -0.15) is 0 Å². The molecule has 0 saturated heterocycles. The maximum absolute atomic E-state index is 12.1. The summed E-state index contributed by atoms with van der Waals surface area (Å²) < 4.78 is 5.64. The van der Waals surface area contributed by atoms with Gasteiger partial charge in [0.1, 0.15) is 6.10 Å². The Morgan fingerprint density at radius 2 is 2.20 bits per heavy atom. The van der Waals surface area contributed by atoms with Gasteiger partial charge in [0.25, 0.3) is 0 Å². The van der Waals surface area contributed by atoms with E-state index in [0.717, 1.165) is 12.2 Å². The fraction of sp³-hybridized carbons (Fsp3) is 0.833. The smallest absolute Gasteiger partial charge is 0.250 e. The van der Waals surface area contributed by atoms with E-state index in [1.807, 2.05) is 6.92 Å². The molecule has 20 heavy (non-hydrogen) atoms. The molecule has 3 N–H and O–H groups in total. The van der Waals surface area contributed by atoms with Crippen LogP contribution >= 0.6 is 19.4 Å². The van der Waals surface area contributed by atoms with Gasteiger partial charge < -0.3 is 20.3 Å². The summed E-state index contributed by atoms with van der Waals surface area (Å²) in [4.78, 5) is 22.1. The summed E-state index contributed by atoms with van der Waals surface area (Å²) in [5.41, 5.74) is -0.633. The number of hydrogen-bond donors (Lipinski definition) is 3. The molecule has 118 valence electrons. The van der Waals surface area contributed by atoms with Crippen LogP contribution in [0.25, 0.3) is 0 Å². The average molecular weight is 324 g/mol. The second-order valence-corrected chi connectivity index (χ2v) is 7.40. The highest BCUT2D eigenvalue weighted by atomic mass is 32.7. The number of rotatable bonds is 12. The van der Waals surface area contributed by atoms with Crippen molar-refractivity contribution in [2.45, 2.75) is 33.3 Å². The highest BCUT2D eigenvalue weighted by Crippen LogP contribution is 2.36. The largest absolute Gasteiger partial charge is 0.396 e. The van der Waals surface area contributed by atoms with Crippen molar-refractivity contribution in [3.63, 3.8) is 0 Å². The molecule has 0 heterocycles. The number of carbonyl (C=O) groups excluding carboxylic acids is 2. The Kier molecular flexibility index (Phi) is 11.1. The second kappa shape index (κ2) is 11.3. The van der Waals surface area contributed by atoms with Crippen LogP contribution in [0.5, 0.6) is 0 Å². The van der Waals surface area contributed by atoms with Crippen LogP contribution in [0.3, 0.4) is 0 Å². The standard InChI is InChI=1S/C12H25N2O4PS/c1-4-5-14-11(17)10(12(2,3)8-15)18-19-20-7-6-13-9-16/h9-10,15,19H,4-8H2,1-3H3,(H,13,16)(H,14,17). The van der Waals surface area contributed by atoms with Crippen molar-refractivity contribution < 1.29 is 19.2 Å². The molecule has 0 aliphatic heterocycles. The first-order valence-corrected chi connectivity index (χ1v) is 9.19. The van der Waals surface area contributed by atoms with E-state index in [9.17, 15) is 14.7 Å². The lowest BCUT2D eigenvalue weighted by atomic mass is 9.87. The minimum Gasteiger partial charge on any atom is -0.396 e. The molecule has 0 saturated carbocycles. The van der Waals surface area contributed by atoms with Gasteiger partial charge in [0, 0.05) is 24.3 Å². The zero-order chi connectivity index (χ0) is 15.4. The van der Waals surface area contributed by atoms with Crippen LogP contribution in [0.15, 0.2) is 0 Å². The van der Waals surface area contributed by atoms with Crippen molar-refractivity contribution in [1.29, 1.82) is 0 Å². The summed E-state index contributed by atoms with van der Waals surface area (Å²) in [6.07, 6.45) is 0.830. The van der Waals surface area contributed by atoms with Gasteiger partial charge in [-0.25, -0.2) is 0 Å². The topological polar surface area (TPSA) is 87.7 Å². The number of nitrogens with one attached hydrogen (secondary N) is 2. The van der Waals surface area contributed by atoms with Crippen molar-refractivity contribution in [3.05, 3.63) is 0 Å². The van der Waals surface area contributed by atoms with E-state index in [1.54, 1.807) is 13.8 Å². The first-order valence-electron chi connectivity index (χ1n) is 6.57. The van der Waals surface area contributed by atoms with Crippen molar-refractivity contribution in [2.24, 2.45) is 5.41 Å². The van der Waals surface area contributed by atoms with Gasteiger partial charge >= 0.3 is 0 Å². The molecule has 0 bridgehead atoms. The summed E-state index contributed by atoms with van der Waals surface area (Å²) in [6, 6.07) is 0. The maximum Gasteiger partial charge on any atom is 0.250 e. The molecule has 0 radical (unpaired) electrons. The van der Waals surface area contributed by atoms with Gasteiger partial charge in [0.05, 0.1) is 14.6 Å². The summed E-state index contributed by atoms with van der Waals surface area (Å²) in [5, 5.41) is 14.8. The third kappa shape index (κ3) is 8.04. The Morgan fingerprint density at radius 3 is 2.75 bits per heavy atom. The normalized spacial score (nSPS) is 13.4. The fourth-order valence-electron chi connectivity index (χ4n) is 1.28. The highest BCUT2D eigenvalue weighted by Gasteiger charge is 2.35.